The molecule has 1 amide bonds. The molecule has 0 spiro atoms. The Morgan fingerprint density at radius 2 is 2.12 bits per heavy atom. The maximum absolute atomic E-state index is 12.3. The average molecular weight is 364 g/mol. The van der Waals surface area contributed by atoms with Crippen LogP contribution in [0.3, 0.4) is 0 Å². The summed E-state index contributed by atoms with van der Waals surface area (Å²) in [5.74, 6) is -0.596. The molecule has 0 saturated carbocycles. The number of likely N-dealkylation sites (N-methyl/N-ethyl adjacent to an activating group) is 1. The van der Waals surface area contributed by atoms with Crippen molar-refractivity contribution in [1.82, 2.24) is 5.06 Å². The van der Waals surface area contributed by atoms with Gasteiger partial charge in [0.1, 0.15) is 18.3 Å². The van der Waals surface area contributed by atoms with Crippen molar-refractivity contribution in [3.05, 3.63) is 46.3 Å². The van der Waals surface area contributed by atoms with E-state index in [1.165, 1.54) is 14.2 Å². The molecule has 1 aromatic carbocycles. The lowest BCUT2D eigenvalue weighted by atomic mass is 9.92. The van der Waals surface area contributed by atoms with Crippen molar-refractivity contribution in [2.45, 2.75) is 36.7 Å². The Bertz CT molecular complexity index is 683. The molecule has 10 nitrogen and oxygen atoms in total. The number of fused-ring (bicyclic) bond motifs is 1. The summed E-state index contributed by atoms with van der Waals surface area (Å²) in [5.41, 5.74) is 9.68. The van der Waals surface area contributed by atoms with Crippen molar-refractivity contribution in [2.75, 3.05) is 20.8 Å². The van der Waals surface area contributed by atoms with E-state index < -0.39 is 42.7 Å². The number of carbonyl (C=O) groups is 1. The summed E-state index contributed by atoms with van der Waals surface area (Å²) in [4.78, 5) is 20.0. The van der Waals surface area contributed by atoms with Crippen molar-refractivity contribution in [1.29, 1.82) is 0 Å². The van der Waals surface area contributed by atoms with Crippen LogP contribution in [-0.4, -0.2) is 67.3 Å². The van der Waals surface area contributed by atoms with Crippen molar-refractivity contribution in [2.24, 2.45) is 5.11 Å². The fraction of sp³-hybridized carbons (Fsp3) is 0.562. The summed E-state index contributed by atoms with van der Waals surface area (Å²) in [7, 11) is 2.71. The van der Waals surface area contributed by atoms with E-state index in [2.05, 4.69) is 10.0 Å². The topological polar surface area (TPSA) is 126 Å². The number of azide groups is 1. The van der Waals surface area contributed by atoms with Crippen LogP contribution in [-0.2, 0) is 23.8 Å². The monoisotopic (exact) mass is 364 g/mol. The summed E-state index contributed by atoms with van der Waals surface area (Å²) < 4.78 is 17.3. The molecule has 0 aromatic heterocycles. The van der Waals surface area contributed by atoms with Crippen LogP contribution in [0.15, 0.2) is 35.4 Å². The van der Waals surface area contributed by atoms with Crippen molar-refractivity contribution in [3.8, 4) is 0 Å². The SMILES string of the molecule is CON(C)C(=O)[C@@H]1OC2COC(c3ccccc3)O[C@@H]2C(N=[N+]=[N-])[C@@H]1O. The van der Waals surface area contributed by atoms with Crippen LogP contribution >= 0.6 is 0 Å². The lowest BCUT2D eigenvalue weighted by molar-refractivity contribution is -0.306. The van der Waals surface area contributed by atoms with Crippen LogP contribution in [0.2, 0.25) is 0 Å². The van der Waals surface area contributed by atoms with Gasteiger partial charge < -0.3 is 19.3 Å². The molecule has 0 bridgehead atoms. The van der Waals surface area contributed by atoms with Gasteiger partial charge in [0.2, 0.25) is 0 Å². The van der Waals surface area contributed by atoms with Gasteiger partial charge in [-0.25, -0.2) is 5.06 Å². The lowest BCUT2D eigenvalue weighted by Crippen LogP contribution is -2.64. The van der Waals surface area contributed by atoms with Crippen molar-refractivity contribution < 1.29 is 28.9 Å². The molecule has 0 aliphatic carbocycles. The van der Waals surface area contributed by atoms with Gasteiger partial charge in [-0.15, -0.1) is 0 Å². The molecule has 2 heterocycles. The van der Waals surface area contributed by atoms with Crippen molar-refractivity contribution >= 4 is 5.91 Å². The highest BCUT2D eigenvalue weighted by Crippen LogP contribution is 2.35. The molecule has 3 rings (SSSR count). The summed E-state index contributed by atoms with van der Waals surface area (Å²) in [6.07, 6.45) is -4.74. The smallest absolute Gasteiger partial charge is 0.277 e. The molecule has 26 heavy (non-hydrogen) atoms. The van der Waals surface area contributed by atoms with Crippen LogP contribution in [0.25, 0.3) is 10.4 Å². The Morgan fingerprint density at radius 1 is 1.38 bits per heavy atom. The maximum Gasteiger partial charge on any atom is 0.277 e. The summed E-state index contributed by atoms with van der Waals surface area (Å²) in [5, 5.41) is 15.2. The molecular formula is C16H20N4O6. The number of aliphatic hydroxyl groups excluding tert-OH is 1. The van der Waals surface area contributed by atoms with Crippen LogP contribution in [0, 0.1) is 0 Å². The second-order valence-electron chi connectivity index (χ2n) is 5.98. The zero-order valence-electron chi connectivity index (χ0n) is 14.3. The van der Waals surface area contributed by atoms with Gasteiger partial charge in [0, 0.05) is 17.5 Å². The molecule has 6 atom stereocenters. The van der Waals surface area contributed by atoms with E-state index in [-0.39, 0.29) is 6.61 Å². The highest BCUT2D eigenvalue weighted by Gasteiger charge is 2.51. The molecule has 140 valence electrons. The Kier molecular flexibility index (Phi) is 5.72. The third-order valence-electron chi connectivity index (χ3n) is 4.46. The minimum absolute atomic E-state index is 0.120. The Balaban J connectivity index is 1.82. The van der Waals surface area contributed by atoms with E-state index in [0.717, 1.165) is 10.6 Å². The summed E-state index contributed by atoms with van der Waals surface area (Å²) in [6, 6.07) is 8.24. The van der Waals surface area contributed by atoms with E-state index in [1.807, 2.05) is 30.3 Å². The van der Waals surface area contributed by atoms with Crippen LogP contribution in [0.5, 0.6) is 0 Å². The van der Waals surface area contributed by atoms with Gasteiger partial charge in [-0.05, 0) is 5.53 Å². The summed E-state index contributed by atoms with van der Waals surface area (Å²) >= 11 is 0. The second kappa shape index (κ2) is 8.00. The largest absolute Gasteiger partial charge is 0.389 e. The molecule has 2 saturated heterocycles. The first kappa shape index (κ1) is 18.6. The van der Waals surface area contributed by atoms with Gasteiger partial charge in [-0.1, -0.05) is 35.4 Å². The van der Waals surface area contributed by atoms with Gasteiger partial charge in [-0.2, -0.15) is 0 Å². The number of rotatable bonds is 4. The van der Waals surface area contributed by atoms with E-state index in [1.54, 1.807) is 0 Å². The standard InChI is InChI=1S/C16H20N4O6/c1-20(23-2)15(22)14-12(21)11(18-19-17)13-10(25-14)8-24-16(26-13)9-6-4-3-5-7-9/h3-7,10-14,16,21H,8H2,1-2H3/t10?,11?,12-,13-,14+,16?/m0/s1. The zero-order valence-corrected chi connectivity index (χ0v) is 14.3. The third-order valence-corrected chi connectivity index (χ3v) is 4.46. The predicted molar refractivity (Wildman–Crippen MR) is 87.4 cm³/mol. The number of amides is 1. The maximum atomic E-state index is 12.3. The average Bonchev–Trinajstić information content (AvgIpc) is 2.69. The van der Waals surface area contributed by atoms with Crippen LogP contribution in [0.1, 0.15) is 11.9 Å². The summed E-state index contributed by atoms with van der Waals surface area (Å²) in [6.45, 7) is 0.120. The number of benzene rings is 1. The second-order valence-corrected chi connectivity index (χ2v) is 5.98. The van der Waals surface area contributed by atoms with Crippen LogP contribution < -0.4 is 0 Å². The molecular weight excluding hydrogens is 344 g/mol. The molecule has 2 fully saturated rings. The molecule has 1 N–H and O–H groups in total. The Hall–Kier alpha value is -2.20. The van der Waals surface area contributed by atoms with E-state index >= 15 is 0 Å². The van der Waals surface area contributed by atoms with Gasteiger partial charge in [0.05, 0.1) is 19.8 Å². The van der Waals surface area contributed by atoms with Crippen LogP contribution in [0.4, 0.5) is 0 Å². The first-order valence-electron chi connectivity index (χ1n) is 8.08. The highest BCUT2D eigenvalue weighted by molar-refractivity contribution is 5.80. The number of ether oxygens (including phenoxy) is 3. The lowest BCUT2D eigenvalue weighted by Gasteiger charge is -2.46. The quantitative estimate of drug-likeness (QED) is 0.366. The first-order valence-corrected chi connectivity index (χ1v) is 8.08. The third kappa shape index (κ3) is 3.51. The minimum atomic E-state index is -1.38. The zero-order chi connectivity index (χ0) is 18.7. The minimum Gasteiger partial charge on any atom is -0.389 e. The molecule has 10 heteroatoms. The molecule has 2 aliphatic heterocycles. The molecule has 1 aromatic rings. The van der Waals surface area contributed by atoms with E-state index in [9.17, 15) is 9.90 Å². The Labute approximate surface area is 149 Å². The molecule has 2 aliphatic rings. The Morgan fingerprint density at radius 3 is 2.77 bits per heavy atom. The number of carbonyl (C=O) groups excluding carboxylic acids is 1. The van der Waals surface area contributed by atoms with E-state index in [4.69, 9.17) is 24.6 Å². The number of hydrogen-bond donors (Lipinski definition) is 1. The van der Waals surface area contributed by atoms with Crippen molar-refractivity contribution in [3.63, 3.8) is 0 Å². The van der Waals surface area contributed by atoms with E-state index in [0.29, 0.717) is 0 Å². The number of hydroxylamine groups is 2. The normalized spacial score (nSPS) is 33.7. The van der Waals surface area contributed by atoms with Gasteiger partial charge in [0.25, 0.3) is 5.91 Å². The fourth-order valence-electron chi connectivity index (χ4n) is 3.06. The number of nitrogens with zero attached hydrogens (tertiary/aromatic N) is 4. The first-order chi connectivity index (χ1) is 12.6. The van der Waals surface area contributed by atoms with Gasteiger partial charge >= 0.3 is 0 Å². The highest BCUT2D eigenvalue weighted by atomic mass is 16.7. The number of hydrogen-bond acceptors (Lipinski definition) is 7. The van der Waals surface area contributed by atoms with Gasteiger partial charge in [-0.3, -0.25) is 9.63 Å². The molecule has 0 radical (unpaired) electrons. The fourth-order valence-corrected chi connectivity index (χ4v) is 3.06. The molecule has 3 unspecified atom stereocenters. The van der Waals surface area contributed by atoms with Gasteiger partial charge in [0.15, 0.2) is 12.4 Å². The predicted octanol–water partition coefficient (Wildman–Crippen LogP) is 0.928. The number of aliphatic hydroxyl groups is 1.